The summed E-state index contributed by atoms with van der Waals surface area (Å²) in [6.07, 6.45) is -4.71. The minimum absolute atomic E-state index is 0.161. The molecule has 2 amide bonds. The van der Waals surface area contributed by atoms with Gasteiger partial charge in [0, 0.05) is 13.8 Å². The largest absolute Gasteiger partial charge is 0.455 e. The average molecular weight is 597 g/mol. The van der Waals surface area contributed by atoms with E-state index in [0.717, 1.165) is 0 Å². The van der Waals surface area contributed by atoms with Crippen LogP contribution in [0.5, 0.6) is 11.5 Å². The van der Waals surface area contributed by atoms with Crippen molar-refractivity contribution in [2.24, 2.45) is 0 Å². The Labute approximate surface area is 229 Å². The molecule has 0 spiro atoms. The monoisotopic (exact) mass is 596 g/mol. The molecule has 0 saturated carbocycles. The molecule has 0 heterocycles. The second-order valence-corrected chi connectivity index (χ2v) is 10.7. The highest BCUT2D eigenvalue weighted by molar-refractivity contribution is 7.87. The second-order valence-electron chi connectivity index (χ2n) is 7.56. The molecule has 14 nitrogen and oxygen atoms in total. The van der Waals surface area contributed by atoms with E-state index in [-0.39, 0.29) is 21.3 Å². The fourth-order valence-electron chi connectivity index (χ4n) is 2.83. The summed E-state index contributed by atoms with van der Waals surface area (Å²) in [6.45, 7) is 2.76. The van der Waals surface area contributed by atoms with Gasteiger partial charge in [0.2, 0.25) is 12.6 Å². The lowest BCUT2D eigenvalue weighted by atomic mass is 10.3. The van der Waals surface area contributed by atoms with Crippen LogP contribution in [0.1, 0.15) is 13.8 Å². The van der Waals surface area contributed by atoms with E-state index in [9.17, 15) is 26.4 Å². The molecular weight excluding hydrogens is 572 g/mol. The number of amides is 2. The molecule has 2 unspecified atom stereocenters. The Bertz CT molecular complexity index is 1370. The Morgan fingerprint density at radius 1 is 0.575 bits per heavy atom. The first kappa shape index (κ1) is 30.2. The first-order chi connectivity index (χ1) is 18.9. The van der Waals surface area contributed by atoms with Crippen LogP contribution in [0.4, 0.5) is 9.59 Å². The predicted molar refractivity (Wildman–Crippen MR) is 135 cm³/mol. The quantitative estimate of drug-likeness (QED) is 0.230. The summed E-state index contributed by atoms with van der Waals surface area (Å²) in [4.78, 5) is 23.4. The smallest absolute Gasteiger partial charge is 0.435 e. The third-order valence-electron chi connectivity index (χ3n) is 4.51. The van der Waals surface area contributed by atoms with E-state index in [1.54, 1.807) is 23.1 Å². The lowest BCUT2D eigenvalue weighted by molar-refractivity contribution is -0.0318. The highest BCUT2D eigenvalue weighted by Crippen LogP contribution is 2.20. The lowest BCUT2D eigenvalue weighted by Crippen LogP contribution is -2.32. The van der Waals surface area contributed by atoms with Gasteiger partial charge in [0.15, 0.2) is 0 Å². The van der Waals surface area contributed by atoms with Crippen molar-refractivity contribution in [1.82, 2.24) is 11.0 Å². The van der Waals surface area contributed by atoms with Gasteiger partial charge >= 0.3 is 32.4 Å². The molecule has 0 bridgehead atoms. The zero-order chi connectivity index (χ0) is 29.2. The van der Waals surface area contributed by atoms with Gasteiger partial charge in [-0.25, -0.2) is 9.59 Å². The highest BCUT2D eigenvalue weighted by Gasteiger charge is 2.20. The molecular formula is C24H24N2O12S2. The van der Waals surface area contributed by atoms with Gasteiger partial charge in [-0.05, 0) is 48.5 Å². The topological polar surface area (TPSA) is 182 Å². The van der Waals surface area contributed by atoms with Crippen molar-refractivity contribution in [3.8, 4) is 11.5 Å². The highest BCUT2D eigenvalue weighted by atomic mass is 32.2. The number of rotatable bonds is 12. The number of hydrogen-bond donors (Lipinski definition) is 2. The van der Waals surface area contributed by atoms with E-state index in [2.05, 4.69) is 8.57 Å². The molecule has 0 saturated heterocycles. The summed E-state index contributed by atoms with van der Waals surface area (Å²) < 4.78 is 77.6. The van der Waals surface area contributed by atoms with Crippen molar-refractivity contribution in [2.45, 2.75) is 36.2 Å². The van der Waals surface area contributed by atoms with Crippen molar-refractivity contribution in [3.63, 3.8) is 0 Å². The molecule has 0 fully saturated rings. The molecule has 2 atom stereocenters. The van der Waals surface area contributed by atoms with E-state index in [4.69, 9.17) is 18.9 Å². The van der Waals surface area contributed by atoms with Crippen LogP contribution >= 0.6 is 0 Å². The number of hydrogen-bond acceptors (Lipinski definition) is 12. The summed E-state index contributed by atoms with van der Waals surface area (Å²) >= 11 is 0. The van der Waals surface area contributed by atoms with E-state index in [0.29, 0.717) is 0 Å². The molecule has 214 valence electrons. The standard InChI is InChI=1S/C24H24N2O12S2/c1-17(35-23(27)25-37-39(29,30)21-9-5-3-6-10-21)33-19-13-15-20(16-14-19)34-18(2)36-24(28)26-38-40(31,32)22-11-7-4-8-12-22/h3-18H,1-2H3,(H,25,27)(H,26,28). The Balaban J connectivity index is 1.40. The molecule has 0 aromatic heterocycles. The number of benzene rings is 3. The van der Waals surface area contributed by atoms with Gasteiger partial charge in [-0.2, -0.15) is 27.8 Å². The molecule has 2 N–H and O–H groups in total. The first-order valence-electron chi connectivity index (χ1n) is 11.3. The summed E-state index contributed by atoms with van der Waals surface area (Å²) in [5, 5.41) is 0. The van der Waals surface area contributed by atoms with Crippen LogP contribution in [0, 0.1) is 0 Å². The predicted octanol–water partition coefficient (Wildman–Crippen LogP) is 3.23. The van der Waals surface area contributed by atoms with Gasteiger partial charge in [-0.15, -0.1) is 8.57 Å². The molecule has 0 radical (unpaired) electrons. The SMILES string of the molecule is CC(OC(=O)NOS(=O)(=O)c1ccccc1)Oc1ccc(OC(C)OC(=O)NOS(=O)(=O)c2ccccc2)cc1. The van der Waals surface area contributed by atoms with E-state index in [1.807, 2.05) is 0 Å². The van der Waals surface area contributed by atoms with Crippen LogP contribution in [0.3, 0.4) is 0 Å². The van der Waals surface area contributed by atoms with Crippen molar-refractivity contribution < 1.29 is 53.9 Å². The van der Waals surface area contributed by atoms with Crippen LogP contribution in [0.2, 0.25) is 0 Å². The van der Waals surface area contributed by atoms with E-state index < -0.39 is 45.0 Å². The normalized spacial score (nSPS) is 12.8. The Kier molecular flexibility index (Phi) is 10.3. The van der Waals surface area contributed by atoms with Gasteiger partial charge < -0.3 is 18.9 Å². The van der Waals surface area contributed by atoms with Crippen molar-refractivity contribution in [2.75, 3.05) is 0 Å². The lowest BCUT2D eigenvalue weighted by Gasteiger charge is -2.17. The van der Waals surface area contributed by atoms with Crippen molar-refractivity contribution in [1.29, 1.82) is 0 Å². The zero-order valence-corrected chi connectivity index (χ0v) is 22.6. The summed E-state index contributed by atoms with van der Waals surface area (Å²) in [5.74, 6) is 0.493. The third-order valence-corrected chi connectivity index (χ3v) is 6.81. The van der Waals surface area contributed by atoms with E-state index in [1.165, 1.54) is 86.6 Å². The van der Waals surface area contributed by atoms with Crippen molar-refractivity contribution >= 4 is 32.4 Å². The molecule has 3 aromatic rings. The number of hydroxylamine groups is 2. The molecule has 16 heteroatoms. The zero-order valence-electron chi connectivity index (χ0n) is 21.0. The Morgan fingerprint density at radius 2 is 0.900 bits per heavy atom. The number of carbonyl (C=O) groups is 2. The fourth-order valence-corrected chi connectivity index (χ4v) is 4.35. The maximum Gasteiger partial charge on any atom is 0.435 e. The van der Waals surface area contributed by atoms with Crippen LogP contribution in [-0.4, -0.2) is 41.6 Å². The summed E-state index contributed by atoms with van der Waals surface area (Å²) in [5.41, 5.74) is 3.34. The van der Waals surface area contributed by atoms with Gasteiger partial charge in [0.05, 0.1) is 9.79 Å². The molecule has 40 heavy (non-hydrogen) atoms. The van der Waals surface area contributed by atoms with Crippen LogP contribution in [0.25, 0.3) is 0 Å². The summed E-state index contributed by atoms with van der Waals surface area (Å²) in [6, 6.07) is 20.1. The van der Waals surface area contributed by atoms with Crippen LogP contribution < -0.4 is 20.4 Å². The third kappa shape index (κ3) is 9.42. The minimum atomic E-state index is -4.23. The molecule has 0 aliphatic rings. The van der Waals surface area contributed by atoms with Crippen LogP contribution in [0.15, 0.2) is 94.7 Å². The Hall–Kier alpha value is -4.38. The molecule has 0 aliphatic carbocycles. The number of carbonyl (C=O) groups excluding carboxylic acids is 2. The van der Waals surface area contributed by atoms with E-state index >= 15 is 0 Å². The van der Waals surface area contributed by atoms with Gasteiger partial charge in [-0.3, -0.25) is 0 Å². The Morgan fingerprint density at radius 3 is 1.23 bits per heavy atom. The van der Waals surface area contributed by atoms with Gasteiger partial charge in [0.25, 0.3) is 0 Å². The maximum absolute atomic E-state index is 12.0. The maximum atomic E-state index is 12.0. The molecule has 3 rings (SSSR count). The van der Waals surface area contributed by atoms with Gasteiger partial charge in [-0.1, -0.05) is 36.4 Å². The molecule has 3 aromatic carbocycles. The minimum Gasteiger partial charge on any atom is -0.455 e. The van der Waals surface area contributed by atoms with Crippen molar-refractivity contribution in [3.05, 3.63) is 84.9 Å². The number of nitrogens with one attached hydrogen (secondary N) is 2. The molecule has 0 aliphatic heterocycles. The first-order valence-corrected chi connectivity index (χ1v) is 14.1. The van der Waals surface area contributed by atoms with Crippen LogP contribution in [-0.2, 0) is 38.3 Å². The average Bonchev–Trinajstić information content (AvgIpc) is 2.93. The fraction of sp³-hybridized carbons (Fsp3) is 0.167. The number of ether oxygens (including phenoxy) is 4. The second kappa shape index (κ2) is 13.6. The summed E-state index contributed by atoms with van der Waals surface area (Å²) in [7, 11) is -8.46. The van der Waals surface area contributed by atoms with Gasteiger partial charge in [0.1, 0.15) is 11.5 Å².